The Balaban J connectivity index is 2.50. The Labute approximate surface area is 138 Å². The van der Waals surface area contributed by atoms with Gasteiger partial charge in [0.1, 0.15) is 5.60 Å². The van der Waals surface area contributed by atoms with Crippen LogP contribution in [0, 0.1) is 5.92 Å². The molecule has 2 amide bonds. The highest BCUT2D eigenvalue weighted by atomic mass is 17.2. The number of methoxy groups -OCH3 is 1. The monoisotopic (exact) mass is 327 g/mol. The standard InChI is InChI=1S/C17H29NO5/c1-12(2)16(4,5)22-23-17(6,21-7)9-8-10-18-14(19)11-13(3)15(18)20/h11-12H,8-10H2,1-7H3. The zero-order valence-corrected chi connectivity index (χ0v) is 15.3. The van der Waals surface area contributed by atoms with Crippen molar-refractivity contribution in [3.8, 4) is 0 Å². The van der Waals surface area contributed by atoms with Gasteiger partial charge in [-0.25, -0.2) is 9.78 Å². The highest BCUT2D eigenvalue weighted by Gasteiger charge is 2.33. The molecule has 6 heteroatoms. The second kappa shape index (κ2) is 7.55. The lowest BCUT2D eigenvalue weighted by molar-refractivity contribution is -0.460. The molecule has 0 saturated heterocycles. The summed E-state index contributed by atoms with van der Waals surface area (Å²) in [5, 5.41) is 0. The molecule has 0 spiro atoms. The summed E-state index contributed by atoms with van der Waals surface area (Å²) >= 11 is 0. The molecule has 1 unspecified atom stereocenters. The van der Waals surface area contributed by atoms with E-state index in [0.717, 1.165) is 0 Å². The van der Waals surface area contributed by atoms with Gasteiger partial charge in [-0.1, -0.05) is 13.8 Å². The molecule has 0 aliphatic carbocycles. The first-order valence-electron chi connectivity index (χ1n) is 7.98. The maximum Gasteiger partial charge on any atom is 0.256 e. The molecule has 0 fully saturated rings. The van der Waals surface area contributed by atoms with E-state index in [-0.39, 0.29) is 17.7 Å². The second-order valence-corrected chi connectivity index (χ2v) is 6.99. The van der Waals surface area contributed by atoms with Crippen LogP contribution in [-0.4, -0.2) is 41.8 Å². The van der Waals surface area contributed by atoms with E-state index >= 15 is 0 Å². The lowest BCUT2D eigenvalue weighted by Gasteiger charge is -2.34. The van der Waals surface area contributed by atoms with E-state index < -0.39 is 11.4 Å². The fraction of sp³-hybridized carbons (Fsp3) is 0.765. The van der Waals surface area contributed by atoms with E-state index in [1.807, 2.05) is 27.7 Å². The summed E-state index contributed by atoms with van der Waals surface area (Å²) in [6.07, 6.45) is 2.42. The summed E-state index contributed by atoms with van der Waals surface area (Å²) in [6.45, 7) is 11.8. The summed E-state index contributed by atoms with van der Waals surface area (Å²) < 4.78 is 5.40. The molecule has 0 radical (unpaired) electrons. The van der Waals surface area contributed by atoms with Gasteiger partial charge in [0.15, 0.2) is 5.79 Å². The normalized spacial score (nSPS) is 18.6. The van der Waals surface area contributed by atoms with Crippen LogP contribution in [0.1, 0.15) is 54.4 Å². The maximum absolute atomic E-state index is 11.8. The van der Waals surface area contributed by atoms with Crippen molar-refractivity contribution in [1.82, 2.24) is 4.90 Å². The molecule has 1 aliphatic heterocycles. The number of ether oxygens (including phenoxy) is 1. The fourth-order valence-electron chi connectivity index (χ4n) is 1.88. The molecule has 0 aromatic heterocycles. The van der Waals surface area contributed by atoms with E-state index in [4.69, 9.17) is 14.5 Å². The molecular weight excluding hydrogens is 298 g/mol. The quantitative estimate of drug-likeness (QED) is 0.282. The van der Waals surface area contributed by atoms with E-state index in [0.29, 0.717) is 25.0 Å². The predicted molar refractivity (Wildman–Crippen MR) is 86.2 cm³/mol. The molecular formula is C17H29NO5. The fourth-order valence-corrected chi connectivity index (χ4v) is 1.88. The van der Waals surface area contributed by atoms with E-state index in [1.165, 1.54) is 11.0 Å². The summed E-state index contributed by atoms with van der Waals surface area (Å²) in [6, 6.07) is 0. The molecule has 132 valence electrons. The summed E-state index contributed by atoms with van der Waals surface area (Å²) in [5.74, 6) is -1.14. The van der Waals surface area contributed by atoms with Crippen molar-refractivity contribution >= 4 is 11.8 Å². The van der Waals surface area contributed by atoms with Gasteiger partial charge in [0, 0.05) is 31.7 Å². The largest absolute Gasteiger partial charge is 0.351 e. The highest BCUT2D eigenvalue weighted by molar-refractivity contribution is 6.15. The van der Waals surface area contributed by atoms with E-state index in [9.17, 15) is 9.59 Å². The molecule has 6 nitrogen and oxygen atoms in total. The van der Waals surface area contributed by atoms with Gasteiger partial charge in [-0.15, -0.1) is 0 Å². The third kappa shape index (κ3) is 5.12. The van der Waals surface area contributed by atoms with Crippen molar-refractivity contribution in [3.05, 3.63) is 11.6 Å². The summed E-state index contributed by atoms with van der Waals surface area (Å²) in [5.41, 5.74) is 0.0320. The lowest BCUT2D eigenvalue weighted by Crippen LogP contribution is -2.40. The van der Waals surface area contributed by atoms with Crippen LogP contribution in [0.4, 0.5) is 0 Å². The Morgan fingerprint density at radius 2 is 1.78 bits per heavy atom. The van der Waals surface area contributed by atoms with Crippen molar-refractivity contribution in [1.29, 1.82) is 0 Å². The van der Waals surface area contributed by atoms with Crippen LogP contribution in [0.3, 0.4) is 0 Å². The minimum Gasteiger partial charge on any atom is -0.351 e. The Bertz CT molecular complexity index is 483. The number of carbonyl (C=O) groups is 2. The second-order valence-electron chi connectivity index (χ2n) is 6.99. The van der Waals surface area contributed by atoms with Crippen LogP contribution in [-0.2, 0) is 24.1 Å². The van der Waals surface area contributed by atoms with Gasteiger partial charge >= 0.3 is 0 Å². The average Bonchev–Trinajstić information content (AvgIpc) is 2.71. The van der Waals surface area contributed by atoms with Gasteiger partial charge in [-0.05, 0) is 40.0 Å². The Hall–Kier alpha value is -1.24. The van der Waals surface area contributed by atoms with Gasteiger partial charge in [0.05, 0.1) is 0 Å². The van der Waals surface area contributed by atoms with Crippen molar-refractivity contribution in [2.45, 2.75) is 65.8 Å². The van der Waals surface area contributed by atoms with E-state index in [1.54, 1.807) is 21.0 Å². The van der Waals surface area contributed by atoms with Gasteiger partial charge in [-0.2, -0.15) is 0 Å². The number of hydrogen-bond donors (Lipinski definition) is 0. The Morgan fingerprint density at radius 3 is 2.22 bits per heavy atom. The Kier molecular flexibility index (Phi) is 6.50. The van der Waals surface area contributed by atoms with Gasteiger partial charge in [0.2, 0.25) is 0 Å². The maximum atomic E-state index is 11.8. The average molecular weight is 327 g/mol. The summed E-state index contributed by atoms with van der Waals surface area (Å²) in [7, 11) is 1.55. The van der Waals surface area contributed by atoms with Crippen molar-refractivity contribution in [3.63, 3.8) is 0 Å². The smallest absolute Gasteiger partial charge is 0.256 e. The predicted octanol–water partition coefficient (Wildman–Crippen LogP) is 2.83. The van der Waals surface area contributed by atoms with Crippen LogP contribution in [0.5, 0.6) is 0 Å². The molecule has 0 aromatic carbocycles. The third-order valence-corrected chi connectivity index (χ3v) is 4.46. The molecule has 0 bridgehead atoms. The minimum absolute atomic E-state index is 0.229. The highest BCUT2D eigenvalue weighted by Crippen LogP contribution is 2.27. The number of amides is 2. The number of imide groups is 1. The van der Waals surface area contributed by atoms with Crippen LogP contribution < -0.4 is 0 Å². The van der Waals surface area contributed by atoms with Crippen molar-refractivity contribution < 1.29 is 24.1 Å². The van der Waals surface area contributed by atoms with Crippen LogP contribution in [0.2, 0.25) is 0 Å². The first-order chi connectivity index (χ1) is 10.5. The number of hydrogen-bond acceptors (Lipinski definition) is 5. The van der Waals surface area contributed by atoms with Crippen LogP contribution in [0.25, 0.3) is 0 Å². The number of carbonyl (C=O) groups excluding carboxylic acids is 2. The number of nitrogens with zero attached hydrogens (tertiary/aromatic N) is 1. The number of rotatable bonds is 9. The van der Waals surface area contributed by atoms with E-state index in [2.05, 4.69) is 0 Å². The Morgan fingerprint density at radius 1 is 1.17 bits per heavy atom. The van der Waals surface area contributed by atoms with Gasteiger partial charge < -0.3 is 4.74 Å². The topological polar surface area (TPSA) is 65.1 Å². The molecule has 0 N–H and O–H groups in total. The zero-order valence-electron chi connectivity index (χ0n) is 15.3. The SMILES string of the molecule is COC(C)(CCCN1C(=O)C=C(C)C1=O)OOC(C)(C)C(C)C. The van der Waals surface area contributed by atoms with Crippen LogP contribution in [0.15, 0.2) is 11.6 Å². The third-order valence-electron chi connectivity index (χ3n) is 4.46. The first-order valence-corrected chi connectivity index (χ1v) is 7.98. The minimum atomic E-state index is -0.930. The van der Waals surface area contributed by atoms with Crippen molar-refractivity contribution in [2.75, 3.05) is 13.7 Å². The van der Waals surface area contributed by atoms with Gasteiger partial charge in [-0.3, -0.25) is 14.5 Å². The molecule has 1 rings (SSSR count). The molecule has 0 aromatic rings. The van der Waals surface area contributed by atoms with Gasteiger partial charge in [0.25, 0.3) is 11.8 Å². The van der Waals surface area contributed by atoms with Crippen LogP contribution >= 0.6 is 0 Å². The summed E-state index contributed by atoms with van der Waals surface area (Å²) in [4.78, 5) is 35.8. The first kappa shape index (κ1) is 19.8. The molecule has 1 atom stereocenters. The molecule has 23 heavy (non-hydrogen) atoms. The molecule has 0 saturated carbocycles. The lowest BCUT2D eigenvalue weighted by atomic mass is 9.95. The molecule has 1 aliphatic rings. The van der Waals surface area contributed by atoms with Crippen molar-refractivity contribution in [2.24, 2.45) is 5.92 Å². The zero-order chi connectivity index (χ0) is 17.8. The molecule has 1 heterocycles.